The monoisotopic (exact) mass is 255 g/mol. The maximum absolute atomic E-state index is 11.6. The van der Waals surface area contributed by atoms with Gasteiger partial charge < -0.3 is 4.57 Å². The molecule has 3 nitrogen and oxygen atoms in total. The van der Waals surface area contributed by atoms with Gasteiger partial charge in [-0.3, -0.25) is 9.59 Å². The van der Waals surface area contributed by atoms with Crippen molar-refractivity contribution >= 4 is 6.29 Å². The Labute approximate surface area is 112 Å². The standard InChI is InChI=1S/C16H17NO2/c1-10-5-11(2)16(12(3)6-10)17-8-14(9-18)15(19)7-13(17)4/h5-9H,1-4H3. The van der Waals surface area contributed by atoms with Gasteiger partial charge in [-0.2, -0.15) is 0 Å². The summed E-state index contributed by atoms with van der Waals surface area (Å²) in [6, 6.07) is 5.70. The van der Waals surface area contributed by atoms with Crippen molar-refractivity contribution in [1.82, 2.24) is 4.57 Å². The van der Waals surface area contributed by atoms with Crippen molar-refractivity contribution in [2.75, 3.05) is 0 Å². The number of rotatable bonds is 2. The first-order valence-corrected chi connectivity index (χ1v) is 6.20. The molecule has 0 bridgehead atoms. The van der Waals surface area contributed by atoms with Crippen LogP contribution in [0.3, 0.4) is 0 Å². The predicted octanol–water partition coefficient (Wildman–Crippen LogP) is 2.88. The van der Waals surface area contributed by atoms with Gasteiger partial charge in [0.2, 0.25) is 0 Å². The van der Waals surface area contributed by atoms with Gasteiger partial charge in [0, 0.05) is 18.0 Å². The second kappa shape index (κ2) is 4.84. The Morgan fingerprint density at radius 1 is 1.00 bits per heavy atom. The van der Waals surface area contributed by atoms with E-state index >= 15 is 0 Å². The Bertz CT molecular complexity index is 688. The van der Waals surface area contributed by atoms with Crippen LogP contribution in [0.2, 0.25) is 0 Å². The lowest BCUT2D eigenvalue weighted by molar-refractivity contribution is 0.112. The first-order valence-electron chi connectivity index (χ1n) is 6.20. The molecule has 0 spiro atoms. The van der Waals surface area contributed by atoms with E-state index in [4.69, 9.17) is 0 Å². The fourth-order valence-corrected chi connectivity index (χ4v) is 2.53. The SMILES string of the molecule is Cc1cc(C)c(-n2cc(C=O)c(=O)cc2C)c(C)c1. The van der Waals surface area contributed by atoms with E-state index in [1.807, 2.05) is 25.3 Å². The number of hydrogen-bond acceptors (Lipinski definition) is 2. The number of aldehydes is 1. The quantitative estimate of drug-likeness (QED) is 0.774. The van der Waals surface area contributed by atoms with Gasteiger partial charge in [0.05, 0.1) is 11.3 Å². The van der Waals surface area contributed by atoms with Crippen LogP contribution in [0.15, 0.2) is 29.2 Å². The molecule has 1 aromatic carbocycles. The minimum Gasteiger partial charge on any atom is -0.320 e. The minimum atomic E-state index is -0.230. The van der Waals surface area contributed by atoms with Crippen LogP contribution in [0.25, 0.3) is 5.69 Å². The summed E-state index contributed by atoms with van der Waals surface area (Å²) in [5, 5.41) is 0. The van der Waals surface area contributed by atoms with Crippen LogP contribution in [0, 0.1) is 27.7 Å². The highest BCUT2D eigenvalue weighted by atomic mass is 16.1. The smallest absolute Gasteiger partial charge is 0.192 e. The van der Waals surface area contributed by atoms with E-state index in [1.165, 1.54) is 11.6 Å². The molecule has 2 rings (SSSR count). The molecule has 3 heteroatoms. The summed E-state index contributed by atoms with van der Waals surface area (Å²) in [5.41, 5.74) is 5.27. The Hall–Kier alpha value is -2.16. The lowest BCUT2D eigenvalue weighted by atomic mass is 10.0. The van der Waals surface area contributed by atoms with Crippen LogP contribution in [0.5, 0.6) is 0 Å². The zero-order valence-electron chi connectivity index (χ0n) is 11.7. The van der Waals surface area contributed by atoms with Gasteiger partial charge in [-0.25, -0.2) is 0 Å². The average Bonchev–Trinajstić information content (AvgIpc) is 2.30. The fourth-order valence-electron chi connectivity index (χ4n) is 2.53. The largest absolute Gasteiger partial charge is 0.320 e. The van der Waals surface area contributed by atoms with E-state index in [-0.39, 0.29) is 11.0 Å². The average molecular weight is 255 g/mol. The molecule has 0 saturated heterocycles. The van der Waals surface area contributed by atoms with E-state index in [9.17, 15) is 9.59 Å². The molecule has 0 saturated carbocycles. The molecule has 2 aromatic rings. The number of carbonyl (C=O) groups excluding carboxylic acids is 1. The zero-order chi connectivity index (χ0) is 14.2. The van der Waals surface area contributed by atoms with E-state index in [1.54, 1.807) is 6.20 Å². The van der Waals surface area contributed by atoms with Crippen molar-refractivity contribution in [2.45, 2.75) is 27.7 Å². The summed E-state index contributed by atoms with van der Waals surface area (Å²) >= 11 is 0. The van der Waals surface area contributed by atoms with Gasteiger partial charge in [-0.05, 0) is 38.8 Å². The van der Waals surface area contributed by atoms with Crippen LogP contribution < -0.4 is 5.43 Å². The lowest BCUT2D eigenvalue weighted by Crippen LogP contribution is -2.15. The molecule has 98 valence electrons. The zero-order valence-corrected chi connectivity index (χ0v) is 11.7. The van der Waals surface area contributed by atoms with E-state index in [0.29, 0.717) is 6.29 Å². The molecule has 0 radical (unpaired) electrons. The second-order valence-corrected chi connectivity index (χ2v) is 4.97. The second-order valence-electron chi connectivity index (χ2n) is 4.97. The first kappa shape index (κ1) is 13.3. The van der Waals surface area contributed by atoms with E-state index < -0.39 is 0 Å². The molecular weight excluding hydrogens is 238 g/mol. The van der Waals surface area contributed by atoms with Crippen LogP contribution in [0.1, 0.15) is 32.7 Å². The number of benzene rings is 1. The van der Waals surface area contributed by atoms with Gasteiger partial charge in [-0.15, -0.1) is 0 Å². The maximum atomic E-state index is 11.6. The van der Waals surface area contributed by atoms with Crippen molar-refractivity contribution in [3.05, 3.63) is 62.6 Å². The Kier molecular flexibility index (Phi) is 3.38. The van der Waals surface area contributed by atoms with Crippen molar-refractivity contribution < 1.29 is 4.79 Å². The molecule has 0 aliphatic carbocycles. The van der Waals surface area contributed by atoms with Crippen molar-refractivity contribution in [3.63, 3.8) is 0 Å². The first-order chi connectivity index (χ1) is 8.93. The highest BCUT2D eigenvalue weighted by Gasteiger charge is 2.10. The van der Waals surface area contributed by atoms with Gasteiger partial charge in [0.15, 0.2) is 11.7 Å². The molecule has 1 aromatic heterocycles. The Morgan fingerprint density at radius 3 is 2.11 bits per heavy atom. The van der Waals surface area contributed by atoms with E-state index in [2.05, 4.69) is 19.1 Å². The minimum absolute atomic E-state index is 0.185. The lowest BCUT2D eigenvalue weighted by Gasteiger charge is -2.17. The highest BCUT2D eigenvalue weighted by molar-refractivity contribution is 5.74. The number of nitrogens with zero attached hydrogens (tertiary/aromatic N) is 1. The molecule has 0 atom stereocenters. The topological polar surface area (TPSA) is 39.1 Å². The third kappa shape index (κ3) is 2.36. The van der Waals surface area contributed by atoms with Gasteiger partial charge in [0.1, 0.15) is 0 Å². The molecule has 0 fully saturated rings. The molecule has 19 heavy (non-hydrogen) atoms. The number of pyridine rings is 1. The normalized spacial score (nSPS) is 10.5. The summed E-state index contributed by atoms with van der Waals surface area (Å²) in [5.74, 6) is 0. The van der Waals surface area contributed by atoms with Gasteiger partial charge >= 0.3 is 0 Å². The maximum Gasteiger partial charge on any atom is 0.192 e. The number of hydrogen-bond donors (Lipinski definition) is 0. The Balaban J connectivity index is 2.79. The van der Waals surface area contributed by atoms with Crippen molar-refractivity contribution in [2.24, 2.45) is 0 Å². The summed E-state index contributed by atoms with van der Waals surface area (Å²) in [7, 11) is 0. The van der Waals surface area contributed by atoms with Crippen molar-refractivity contribution in [3.8, 4) is 5.69 Å². The van der Waals surface area contributed by atoms with Crippen molar-refractivity contribution in [1.29, 1.82) is 0 Å². The van der Waals surface area contributed by atoms with E-state index in [0.717, 1.165) is 22.5 Å². The van der Waals surface area contributed by atoms with Crippen LogP contribution in [0.4, 0.5) is 0 Å². The fraction of sp³-hybridized carbons (Fsp3) is 0.250. The highest BCUT2D eigenvalue weighted by Crippen LogP contribution is 2.22. The summed E-state index contributed by atoms with van der Waals surface area (Å²) in [6.45, 7) is 7.99. The predicted molar refractivity (Wildman–Crippen MR) is 76.4 cm³/mol. The van der Waals surface area contributed by atoms with Crippen LogP contribution >= 0.6 is 0 Å². The third-order valence-corrected chi connectivity index (χ3v) is 3.28. The number of aryl methyl sites for hydroxylation is 4. The molecule has 0 aliphatic heterocycles. The molecule has 1 heterocycles. The van der Waals surface area contributed by atoms with Gasteiger partial charge in [-0.1, -0.05) is 17.7 Å². The summed E-state index contributed by atoms with van der Waals surface area (Å²) in [4.78, 5) is 22.6. The summed E-state index contributed by atoms with van der Waals surface area (Å²) < 4.78 is 1.91. The number of carbonyl (C=O) groups is 1. The number of aromatic nitrogens is 1. The molecule has 0 amide bonds. The van der Waals surface area contributed by atoms with Gasteiger partial charge in [0.25, 0.3) is 0 Å². The van der Waals surface area contributed by atoms with Crippen LogP contribution in [-0.2, 0) is 0 Å². The molecular formula is C16H17NO2. The molecule has 0 N–H and O–H groups in total. The van der Waals surface area contributed by atoms with Crippen LogP contribution in [-0.4, -0.2) is 10.9 Å². The summed E-state index contributed by atoms with van der Waals surface area (Å²) in [6.07, 6.45) is 2.23. The molecule has 0 aliphatic rings. The third-order valence-electron chi connectivity index (χ3n) is 3.28. The Morgan fingerprint density at radius 2 is 1.58 bits per heavy atom. The molecule has 0 unspecified atom stereocenters.